The molecule has 2 rings (SSSR count). The highest BCUT2D eigenvalue weighted by Crippen LogP contribution is 2.29. The molecule has 0 bridgehead atoms. The van der Waals surface area contributed by atoms with Gasteiger partial charge in [0.25, 0.3) is 0 Å². The topological polar surface area (TPSA) is 12.0 Å². The Morgan fingerprint density at radius 3 is 2.45 bits per heavy atom. The molecule has 2 unspecified atom stereocenters. The van der Waals surface area contributed by atoms with Crippen molar-refractivity contribution in [1.82, 2.24) is 5.32 Å². The molecule has 0 amide bonds. The Morgan fingerprint density at radius 1 is 0.818 bits per heavy atom. The van der Waals surface area contributed by atoms with E-state index in [0.29, 0.717) is 0 Å². The molecular formula is C10H19N. The van der Waals surface area contributed by atoms with Crippen molar-refractivity contribution in [3.05, 3.63) is 0 Å². The fourth-order valence-corrected chi connectivity index (χ4v) is 2.64. The quantitative estimate of drug-likeness (QED) is 0.563. The van der Waals surface area contributed by atoms with E-state index in [-0.39, 0.29) is 0 Å². The molecular weight excluding hydrogens is 134 g/mol. The molecule has 1 heteroatoms. The Balaban J connectivity index is 1.93. The molecule has 0 aromatic heterocycles. The van der Waals surface area contributed by atoms with Crippen molar-refractivity contribution in [3.8, 4) is 0 Å². The summed E-state index contributed by atoms with van der Waals surface area (Å²) in [6, 6.07) is 0.895. The average molecular weight is 153 g/mol. The van der Waals surface area contributed by atoms with E-state index in [1.54, 1.807) is 0 Å². The Bertz CT molecular complexity index is 108. The summed E-state index contributed by atoms with van der Waals surface area (Å²) in [5.74, 6) is 1.03. The Morgan fingerprint density at radius 2 is 1.55 bits per heavy atom. The summed E-state index contributed by atoms with van der Waals surface area (Å²) in [5.41, 5.74) is 0. The maximum absolute atomic E-state index is 3.68. The molecule has 1 nitrogen and oxygen atoms in total. The standard InChI is InChI=1S/C10H19N/c1-2-7-10-9(5-1)6-3-4-8-11-10/h9-11H,1-8H2. The van der Waals surface area contributed by atoms with Crippen LogP contribution < -0.4 is 5.32 Å². The van der Waals surface area contributed by atoms with Gasteiger partial charge in [0.15, 0.2) is 0 Å². The lowest BCUT2D eigenvalue weighted by Crippen LogP contribution is -2.36. The molecule has 2 aliphatic rings. The van der Waals surface area contributed by atoms with Crippen molar-refractivity contribution in [2.24, 2.45) is 5.92 Å². The summed E-state index contributed by atoms with van der Waals surface area (Å²) >= 11 is 0. The van der Waals surface area contributed by atoms with Gasteiger partial charge in [0.1, 0.15) is 0 Å². The first-order chi connectivity index (χ1) is 5.47. The zero-order chi connectivity index (χ0) is 7.52. The molecule has 2 atom stereocenters. The van der Waals surface area contributed by atoms with Crippen molar-refractivity contribution in [2.75, 3.05) is 6.54 Å². The minimum absolute atomic E-state index is 0.895. The third-order valence-electron chi connectivity index (χ3n) is 3.32. The van der Waals surface area contributed by atoms with Crippen LogP contribution in [-0.2, 0) is 0 Å². The van der Waals surface area contributed by atoms with E-state index in [2.05, 4.69) is 5.32 Å². The van der Waals surface area contributed by atoms with Crippen LogP contribution in [0.1, 0.15) is 44.9 Å². The first-order valence-electron chi connectivity index (χ1n) is 5.20. The Kier molecular flexibility index (Phi) is 2.47. The Hall–Kier alpha value is -0.0400. The maximum Gasteiger partial charge on any atom is 0.00953 e. The molecule has 1 heterocycles. The number of rotatable bonds is 0. The monoisotopic (exact) mass is 153 g/mol. The van der Waals surface area contributed by atoms with Gasteiger partial charge in [-0.05, 0) is 38.1 Å². The molecule has 1 N–H and O–H groups in total. The number of hydrogen-bond acceptors (Lipinski definition) is 1. The second kappa shape index (κ2) is 3.57. The highest BCUT2D eigenvalue weighted by molar-refractivity contribution is 4.82. The first kappa shape index (κ1) is 7.60. The number of hydrogen-bond donors (Lipinski definition) is 1. The number of nitrogens with one attached hydrogen (secondary N) is 1. The van der Waals surface area contributed by atoms with Gasteiger partial charge in [-0.2, -0.15) is 0 Å². The molecule has 1 saturated carbocycles. The number of fused-ring (bicyclic) bond motifs is 1. The minimum Gasteiger partial charge on any atom is -0.314 e. The van der Waals surface area contributed by atoms with Crippen LogP contribution in [0.2, 0.25) is 0 Å². The van der Waals surface area contributed by atoms with Gasteiger partial charge in [-0.15, -0.1) is 0 Å². The summed E-state index contributed by atoms with van der Waals surface area (Å²) in [6.07, 6.45) is 10.3. The summed E-state index contributed by atoms with van der Waals surface area (Å²) in [6.45, 7) is 1.28. The molecule has 0 radical (unpaired) electrons. The van der Waals surface area contributed by atoms with Crippen LogP contribution in [-0.4, -0.2) is 12.6 Å². The van der Waals surface area contributed by atoms with Crippen molar-refractivity contribution in [3.63, 3.8) is 0 Å². The molecule has 1 saturated heterocycles. The van der Waals surface area contributed by atoms with E-state index >= 15 is 0 Å². The van der Waals surface area contributed by atoms with Crippen molar-refractivity contribution >= 4 is 0 Å². The molecule has 64 valence electrons. The van der Waals surface area contributed by atoms with Crippen molar-refractivity contribution in [1.29, 1.82) is 0 Å². The zero-order valence-electron chi connectivity index (χ0n) is 7.31. The van der Waals surface area contributed by atoms with Gasteiger partial charge < -0.3 is 5.32 Å². The van der Waals surface area contributed by atoms with Crippen LogP contribution in [0.3, 0.4) is 0 Å². The summed E-state index contributed by atoms with van der Waals surface area (Å²) in [4.78, 5) is 0. The first-order valence-corrected chi connectivity index (χ1v) is 5.20. The van der Waals surface area contributed by atoms with Crippen LogP contribution in [0.4, 0.5) is 0 Å². The molecule has 2 fully saturated rings. The summed E-state index contributed by atoms with van der Waals surface area (Å²) < 4.78 is 0. The fraction of sp³-hybridized carbons (Fsp3) is 1.00. The lowest BCUT2D eigenvalue weighted by molar-refractivity contribution is 0.267. The van der Waals surface area contributed by atoms with Gasteiger partial charge >= 0.3 is 0 Å². The third kappa shape index (κ3) is 1.76. The normalized spacial score (nSPS) is 39.3. The van der Waals surface area contributed by atoms with Crippen molar-refractivity contribution < 1.29 is 0 Å². The maximum atomic E-state index is 3.68. The summed E-state index contributed by atoms with van der Waals surface area (Å²) in [7, 11) is 0. The predicted octanol–water partition coefficient (Wildman–Crippen LogP) is 2.32. The van der Waals surface area contributed by atoms with Gasteiger partial charge in [-0.3, -0.25) is 0 Å². The van der Waals surface area contributed by atoms with Gasteiger partial charge in [0.05, 0.1) is 0 Å². The largest absolute Gasteiger partial charge is 0.314 e. The highest BCUT2D eigenvalue weighted by atomic mass is 14.9. The van der Waals surface area contributed by atoms with Crippen LogP contribution in [0.5, 0.6) is 0 Å². The molecule has 1 aliphatic carbocycles. The summed E-state index contributed by atoms with van der Waals surface area (Å²) in [5, 5.41) is 3.68. The van der Waals surface area contributed by atoms with E-state index in [4.69, 9.17) is 0 Å². The van der Waals surface area contributed by atoms with Crippen LogP contribution >= 0.6 is 0 Å². The molecule has 0 spiro atoms. The van der Waals surface area contributed by atoms with Crippen LogP contribution in [0.15, 0.2) is 0 Å². The van der Waals surface area contributed by atoms with E-state index in [0.717, 1.165) is 12.0 Å². The molecule has 0 aromatic rings. The third-order valence-corrected chi connectivity index (χ3v) is 3.32. The second-order valence-corrected chi connectivity index (χ2v) is 4.10. The molecule has 11 heavy (non-hydrogen) atoms. The minimum atomic E-state index is 0.895. The van der Waals surface area contributed by atoms with Crippen molar-refractivity contribution in [2.45, 2.75) is 51.0 Å². The molecule has 0 aromatic carbocycles. The Labute approximate surface area is 69.6 Å². The van der Waals surface area contributed by atoms with Gasteiger partial charge in [0.2, 0.25) is 0 Å². The zero-order valence-corrected chi connectivity index (χ0v) is 7.31. The SMILES string of the molecule is C1CCC2CCCCC2NC1. The predicted molar refractivity (Wildman–Crippen MR) is 47.6 cm³/mol. The van der Waals surface area contributed by atoms with Crippen LogP contribution in [0.25, 0.3) is 0 Å². The van der Waals surface area contributed by atoms with E-state index in [1.807, 2.05) is 0 Å². The van der Waals surface area contributed by atoms with E-state index in [9.17, 15) is 0 Å². The van der Waals surface area contributed by atoms with Crippen LogP contribution in [0, 0.1) is 5.92 Å². The fourth-order valence-electron chi connectivity index (χ4n) is 2.64. The highest BCUT2D eigenvalue weighted by Gasteiger charge is 2.25. The second-order valence-electron chi connectivity index (χ2n) is 4.10. The average Bonchev–Trinajstić information content (AvgIpc) is 2.28. The lowest BCUT2D eigenvalue weighted by atomic mass is 9.82. The lowest BCUT2D eigenvalue weighted by Gasteiger charge is -2.30. The van der Waals surface area contributed by atoms with E-state index in [1.165, 1.54) is 51.5 Å². The van der Waals surface area contributed by atoms with Gasteiger partial charge in [-0.1, -0.05) is 19.3 Å². The van der Waals surface area contributed by atoms with Gasteiger partial charge in [-0.25, -0.2) is 0 Å². The molecule has 1 aliphatic heterocycles. The van der Waals surface area contributed by atoms with Gasteiger partial charge in [0, 0.05) is 6.04 Å². The smallest absolute Gasteiger partial charge is 0.00953 e. The van der Waals surface area contributed by atoms with E-state index < -0.39 is 0 Å².